The molecule has 0 aromatic heterocycles. The molecule has 0 N–H and O–H groups in total. The van der Waals surface area contributed by atoms with Crippen molar-refractivity contribution in [1.29, 1.82) is 0 Å². The van der Waals surface area contributed by atoms with Gasteiger partial charge in [-0.15, -0.1) is 11.8 Å². The van der Waals surface area contributed by atoms with Gasteiger partial charge in [0.05, 0.1) is 4.90 Å². The Morgan fingerprint density at radius 1 is 1.42 bits per heavy atom. The summed E-state index contributed by atoms with van der Waals surface area (Å²) >= 11 is 1.48. The molecule has 0 saturated carbocycles. The Labute approximate surface area is 80.4 Å². The number of hydrogen-bond donors (Lipinski definition) is 0. The lowest BCUT2D eigenvalue weighted by Crippen LogP contribution is -1.89. The van der Waals surface area contributed by atoms with Crippen molar-refractivity contribution >= 4 is 31.5 Å². The maximum absolute atomic E-state index is 10.9. The van der Waals surface area contributed by atoms with Gasteiger partial charge in [0.1, 0.15) is 0 Å². The van der Waals surface area contributed by atoms with E-state index in [0.717, 1.165) is 4.90 Å². The molecule has 1 aromatic rings. The molecule has 0 heterocycles. The monoisotopic (exact) mass is 222 g/mol. The molecule has 0 bridgehead atoms. The first-order valence-electron chi connectivity index (χ1n) is 3.13. The minimum atomic E-state index is -3.58. The number of benzene rings is 1. The molecular weight excluding hydrogens is 216 g/mol. The van der Waals surface area contributed by atoms with Crippen LogP contribution in [0.15, 0.2) is 34.1 Å². The van der Waals surface area contributed by atoms with Crippen LogP contribution in [0.2, 0.25) is 0 Å². The van der Waals surface area contributed by atoms with E-state index in [2.05, 4.69) is 0 Å². The average molecular weight is 223 g/mol. The lowest BCUT2D eigenvalue weighted by molar-refractivity contribution is 0.609. The van der Waals surface area contributed by atoms with E-state index in [-0.39, 0.29) is 4.90 Å². The van der Waals surface area contributed by atoms with Crippen molar-refractivity contribution in [3.8, 4) is 0 Å². The van der Waals surface area contributed by atoms with E-state index in [1.165, 1.54) is 17.8 Å². The summed E-state index contributed by atoms with van der Waals surface area (Å²) in [6.07, 6.45) is 1.87. The normalized spacial score (nSPS) is 11.5. The molecule has 0 saturated heterocycles. The Morgan fingerprint density at radius 3 is 2.58 bits per heavy atom. The molecule has 0 aliphatic carbocycles. The summed E-state index contributed by atoms with van der Waals surface area (Å²) in [4.78, 5) is 1.03. The van der Waals surface area contributed by atoms with Crippen molar-refractivity contribution < 1.29 is 8.42 Å². The standard InChI is InChI=1S/C7H7ClO2S2/c1-11-6-3-2-4-7(5-6)12(8,9)10/h2-5H,1H3. The second-order valence-corrected chi connectivity index (χ2v) is 5.56. The fourth-order valence-electron chi connectivity index (χ4n) is 0.753. The Morgan fingerprint density at radius 2 is 2.08 bits per heavy atom. The molecule has 0 spiro atoms. The molecule has 0 unspecified atom stereocenters. The zero-order valence-electron chi connectivity index (χ0n) is 6.32. The average Bonchev–Trinajstić information content (AvgIpc) is 2.03. The van der Waals surface area contributed by atoms with Gasteiger partial charge in [0.2, 0.25) is 0 Å². The van der Waals surface area contributed by atoms with Gasteiger partial charge < -0.3 is 0 Å². The predicted octanol–water partition coefficient (Wildman–Crippen LogP) is 2.34. The summed E-state index contributed by atoms with van der Waals surface area (Å²) in [7, 11) is 1.57. The number of halogens is 1. The molecule has 12 heavy (non-hydrogen) atoms. The lowest BCUT2D eigenvalue weighted by Gasteiger charge is -1.98. The zero-order chi connectivity index (χ0) is 9.19. The number of rotatable bonds is 2. The Kier molecular flexibility index (Phi) is 3.04. The van der Waals surface area contributed by atoms with E-state index in [9.17, 15) is 8.42 Å². The third kappa shape index (κ3) is 2.40. The van der Waals surface area contributed by atoms with Gasteiger partial charge in [-0.05, 0) is 24.5 Å². The van der Waals surface area contributed by atoms with Crippen LogP contribution in [-0.2, 0) is 9.05 Å². The maximum atomic E-state index is 10.9. The van der Waals surface area contributed by atoms with Gasteiger partial charge in [-0.25, -0.2) is 8.42 Å². The molecule has 1 rings (SSSR count). The highest BCUT2D eigenvalue weighted by Crippen LogP contribution is 2.21. The Bertz CT molecular complexity index is 373. The topological polar surface area (TPSA) is 34.1 Å². The van der Waals surface area contributed by atoms with Gasteiger partial charge >= 0.3 is 0 Å². The summed E-state index contributed by atoms with van der Waals surface area (Å²) in [6.45, 7) is 0. The molecule has 0 aliphatic heterocycles. The van der Waals surface area contributed by atoms with E-state index in [1.807, 2.05) is 12.3 Å². The Balaban J connectivity index is 3.20. The van der Waals surface area contributed by atoms with Crippen LogP contribution in [0, 0.1) is 0 Å². The SMILES string of the molecule is CSc1cccc(S(=O)(=O)Cl)c1. The zero-order valence-corrected chi connectivity index (χ0v) is 8.71. The van der Waals surface area contributed by atoms with Gasteiger partial charge in [0.15, 0.2) is 0 Å². The molecular formula is C7H7ClO2S2. The largest absolute Gasteiger partial charge is 0.261 e. The summed E-state index contributed by atoms with van der Waals surface area (Å²) in [5.41, 5.74) is 0. The first-order chi connectivity index (χ1) is 5.54. The van der Waals surface area contributed by atoms with E-state index in [0.29, 0.717) is 0 Å². The predicted molar refractivity (Wildman–Crippen MR) is 51.3 cm³/mol. The number of thioether (sulfide) groups is 1. The van der Waals surface area contributed by atoms with E-state index >= 15 is 0 Å². The van der Waals surface area contributed by atoms with Gasteiger partial charge in [0, 0.05) is 15.6 Å². The first-order valence-corrected chi connectivity index (χ1v) is 6.66. The molecule has 0 atom stereocenters. The van der Waals surface area contributed by atoms with Crippen molar-refractivity contribution in [1.82, 2.24) is 0 Å². The third-order valence-corrected chi connectivity index (χ3v) is 3.40. The highest BCUT2D eigenvalue weighted by Gasteiger charge is 2.09. The van der Waals surface area contributed by atoms with Gasteiger partial charge in [-0.2, -0.15) is 0 Å². The third-order valence-electron chi connectivity index (χ3n) is 1.32. The first kappa shape index (κ1) is 9.89. The van der Waals surface area contributed by atoms with Crippen molar-refractivity contribution in [3.63, 3.8) is 0 Å². The van der Waals surface area contributed by atoms with Gasteiger partial charge in [0.25, 0.3) is 9.05 Å². The second kappa shape index (κ2) is 3.68. The minimum Gasteiger partial charge on any atom is -0.207 e. The van der Waals surface area contributed by atoms with Crippen LogP contribution in [0.1, 0.15) is 0 Å². The van der Waals surface area contributed by atoms with Crippen LogP contribution in [0.5, 0.6) is 0 Å². The summed E-state index contributed by atoms with van der Waals surface area (Å²) < 4.78 is 21.7. The fourth-order valence-corrected chi connectivity index (χ4v) is 2.08. The van der Waals surface area contributed by atoms with Crippen LogP contribution in [0.4, 0.5) is 0 Å². The summed E-state index contributed by atoms with van der Waals surface area (Å²) in [5.74, 6) is 0. The fraction of sp³-hybridized carbons (Fsp3) is 0.143. The van der Waals surface area contributed by atoms with E-state index < -0.39 is 9.05 Å². The van der Waals surface area contributed by atoms with Crippen molar-refractivity contribution in [2.45, 2.75) is 9.79 Å². The molecule has 5 heteroatoms. The Hall–Kier alpha value is -0.190. The van der Waals surface area contributed by atoms with Gasteiger partial charge in [-0.1, -0.05) is 6.07 Å². The van der Waals surface area contributed by atoms with Crippen LogP contribution in [0.25, 0.3) is 0 Å². The molecule has 1 aromatic carbocycles. The molecule has 0 aliphatic rings. The molecule has 66 valence electrons. The van der Waals surface area contributed by atoms with Crippen molar-refractivity contribution in [2.24, 2.45) is 0 Å². The van der Waals surface area contributed by atoms with Crippen LogP contribution in [0.3, 0.4) is 0 Å². The van der Waals surface area contributed by atoms with Crippen LogP contribution >= 0.6 is 22.4 Å². The summed E-state index contributed by atoms with van der Waals surface area (Å²) in [6, 6.07) is 6.52. The number of hydrogen-bond acceptors (Lipinski definition) is 3. The maximum Gasteiger partial charge on any atom is 0.261 e. The smallest absolute Gasteiger partial charge is 0.207 e. The lowest BCUT2D eigenvalue weighted by atomic mass is 10.4. The molecule has 0 radical (unpaired) electrons. The summed E-state index contributed by atoms with van der Waals surface area (Å²) in [5, 5.41) is 0. The van der Waals surface area contributed by atoms with Crippen LogP contribution in [-0.4, -0.2) is 14.7 Å². The van der Waals surface area contributed by atoms with E-state index in [1.54, 1.807) is 12.1 Å². The van der Waals surface area contributed by atoms with Crippen molar-refractivity contribution in [2.75, 3.05) is 6.26 Å². The molecule has 0 amide bonds. The molecule has 2 nitrogen and oxygen atoms in total. The molecule has 0 fully saturated rings. The van der Waals surface area contributed by atoms with Gasteiger partial charge in [-0.3, -0.25) is 0 Å². The van der Waals surface area contributed by atoms with E-state index in [4.69, 9.17) is 10.7 Å². The highest BCUT2D eigenvalue weighted by atomic mass is 35.7. The van der Waals surface area contributed by atoms with Crippen molar-refractivity contribution in [3.05, 3.63) is 24.3 Å². The van der Waals surface area contributed by atoms with Crippen LogP contribution < -0.4 is 0 Å². The minimum absolute atomic E-state index is 0.149. The quantitative estimate of drug-likeness (QED) is 0.569. The second-order valence-electron chi connectivity index (χ2n) is 2.12. The highest BCUT2D eigenvalue weighted by molar-refractivity contribution is 8.13.